The van der Waals surface area contributed by atoms with Gasteiger partial charge in [0.25, 0.3) is 0 Å². The van der Waals surface area contributed by atoms with Gasteiger partial charge in [-0.1, -0.05) is 13.8 Å². The van der Waals surface area contributed by atoms with E-state index < -0.39 is 0 Å². The number of pyridine rings is 1. The Labute approximate surface area is 126 Å². The molecule has 21 heavy (non-hydrogen) atoms. The van der Waals surface area contributed by atoms with E-state index in [1.165, 1.54) is 5.56 Å². The molecule has 0 saturated carbocycles. The van der Waals surface area contributed by atoms with E-state index in [2.05, 4.69) is 45.9 Å². The van der Waals surface area contributed by atoms with E-state index in [0.29, 0.717) is 6.04 Å². The SMILES string of the molecule is CCN(Cc1ccncc1)c1ncc(CNC(C)C)cn1. The largest absolute Gasteiger partial charge is 0.337 e. The smallest absolute Gasteiger partial charge is 0.225 e. The van der Waals surface area contributed by atoms with Crippen LogP contribution in [0.1, 0.15) is 31.9 Å². The van der Waals surface area contributed by atoms with Gasteiger partial charge in [0.2, 0.25) is 5.95 Å². The van der Waals surface area contributed by atoms with Gasteiger partial charge < -0.3 is 10.2 Å². The molecule has 0 unspecified atom stereocenters. The predicted octanol–water partition coefficient (Wildman–Crippen LogP) is 2.40. The Balaban J connectivity index is 2.01. The molecule has 112 valence electrons. The van der Waals surface area contributed by atoms with Crippen LogP contribution in [0.15, 0.2) is 36.9 Å². The van der Waals surface area contributed by atoms with Crippen molar-refractivity contribution < 1.29 is 0 Å². The van der Waals surface area contributed by atoms with Gasteiger partial charge >= 0.3 is 0 Å². The van der Waals surface area contributed by atoms with E-state index in [-0.39, 0.29) is 0 Å². The van der Waals surface area contributed by atoms with Gasteiger partial charge in [0.15, 0.2) is 0 Å². The fourth-order valence-corrected chi connectivity index (χ4v) is 1.96. The summed E-state index contributed by atoms with van der Waals surface area (Å²) in [7, 11) is 0. The monoisotopic (exact) mass is 285 g/mol. The molecule has 0 aliphatic rings. The first kappa shape index (κ1) is 15.4. The van der Waals surface area contributed by atoms with Crippen LogP contribution in [0.4, 0.5) is 5.95 Å². The summed E-state index contributed by atoms with van der Waals surface area (Å²) in [5.41, 5.74) is 2.31. The molecule has 5 nitrogen and oxygen atoms in total. The first-order valence-electron chi connectivity index (χ1n) is 7.37. The summed E-state index contributed by atoms with van der Waals surface area (Å²) < 4.78 is 0. The third-order valence-electron chi connectivity index (χ3n) is 3.19. The summed E-state index contributed by atoms with van der Waals surface area (Å²) in [6, 6.07) is 4.50. The van der Waals surface area contributed by atoms with E-state index in [1.54, 1.807) is 0 Å². The first-order valence-corrected chi connectivity index (χ1v) is 7.37. The van der Waals surface area contributed by atoms with Gasteiger partial charge in [-0.3, -0.25) is 4.98 Å². The topological polar surface area (TPSA) is 53.9 Å². The number of hydrogen-bond acceptors (Lipinski definition) is 5. The maximum Gasteiger partial charge on any atom is 0.225 e. The highest BCUT2D eigenvalue weighted by Crippen LogP contribution is 2.11. The second kappa shape index (κ2) is 7.69. The van der Waals surface area contributed by atoms with Crippen LogP contribution in [-0.2, 0) is 13.1 Å². The summed E-state index contributed by atoms with van der Waals surface area (Å²) in [6.07, 6.45) is 7.41. The van der Waals surface area contributed by atoms with Gasteiger partial charge in [0.05, 0.1) is 0 Å². The third-order valence-corrected chi connectivity index (χ3v) is 3.19. The molecular formula is C16H23N5. The van der Waals surface area contributed by atoms with Gasteiger partial charge in [-0.05, 0) is 24.6 Å². The van der Waals surface area contributed by atoms with Gasteiger partial charge in [-0.25, -0.2) is 9.97 Å². The molecule has 0 atom stereocenters. The first-order chi connectivity index (χ1) is 10.2. The molecule has 2 aromatic rings. The molecule has 0 fully saturated rings. The number of nitrogens with one attached hydrogen (secondary N) is 1. The number of aromatic nitrogens is 3. The van der Waals surface area contributed by atoms with Crippen LogP contribution in [0.2, 0.25) is 0 Å². The van der Waals surface area contributed by atoms with Crippen molar-refractivity contribution in [3.05, 3.63) is 48.0 Å². The number of nitrogens with zero attached hydrogens (tertiary/aromatic N) is 4. The van der Waals surface area contributed by atoms with Crippen molar-refractivity contribution in [2.75, 3.05) is 11.4 Å². The van der Waals surface area contributed by atoms with Crippen molar-refractivity contribution in [2.24, 2.45) is 0 Å². The molecule has 0 aliphatic heterocycles. The van der Waals surface area contributed by atoms with Crippen LogP contribution in [-0.4, -0.2) is 27.5 Å². The van der Waals surface area contributed by atoms with Crippen molar-refractivity contribution in [1.82, 2.24) is 20.3 Å². The summed E-state index contributed by atoms with van der Waals surface area (Å²) in [4.78, 5) is 15.2. The zero-order chi connectivity index (χ0) is 15.1. The molecule has 0 spiro atoms. The van der Waals surface area contributed by atoms with Crippen molar-refractivity contribution in [3.8, 4) is 0 Å². The predicted molar refractivity (Wildman–Crippen MR) is 85.0 cm³/mol. The Morgan fingerprint density at radius 3 is 2.33 bits per heavy atom. The Morgan fingerprint density at radius 2 is 1.76 bits per heavy atom. The summed E-state index contributed by atoms with van der Waals surface area (Å²) >= 11 is 0. The van der Waals surface area contributed by atoms with E-state index >= 15 is 0 Å². The zero-order valence-electron chi connectivity index (χ0n) is 13.0. The third kappa shape index (κ3) is 4.79. The normalized spacial score (nSPS) is 10.9. The quantitative estimate of drug-likeness (QED) is 0.846. The Hall–Kier alpha value is -2.01. The number of hydrogen-bond donors (Lipinski definition) is 1. The van der Waals surface area contributed by atoms with E-state index in [0.717, 1.165) is 31.1 Å². The van der Waals surface area contributed by atoms with E-state index in [4.69, 9.17) is 0 Å². The fraction of sp³-hybridized carbons (Fsp3) is 0.438. The minimum Gasteiger partial charge on any atom is -0.337 e. The lowest BCUT2D eigenvalue weighted by Gasteiger charge is -2.20. The second-order valence-corrected chi connectivity index (χ2v) is 5.30. The van der Waals surface area contributed by atoms with Crippen LogP contribution in [0.25, 0.3) is 0 Å². The number of rotatable bonds is 7. The van der Waals surface area contributed by atoms with Crippen LogP contribution in [0, 0.1) is 0 Å². The number of anilines is 1. The Kier molecular flexibility index (Phi) is 5.63. The van der Waals surface area contributed by atoms with Gasteiger partial charge in [-0.2, -0.15) is 0 Å². The van der Waals surface area contributed by atoms with E-state index in [1.807, 2.05) is 36.9 Å². The maximum absolute atomic E-state index is 4.48. The van der Waals surface area contributed by atoms with Crippen LogP contribution >= 0.6 is 0 Å². The van der Waals surface area contributed by atoms with Crippen LogP contribution in [0.3, 0.4) is 0 Å². The summed E-state index contributed by atoms with van der Waals surface area (Å²) in [5, 5.41) is 3.36. The molecule has 0 amide bonds. The summed E-state index contributed by atoms with van der Waals surface area (Å²) in [5.74, 6) is 0.766. The minimum atomic E-state index is 0.462. The van der Waals surface area contributed by atoms with Crippen molar-refractivity contribution in [2.45, 2.75) is 39.9 Å². The highest BCUT2D eigenvalue weighted by atomic mass is 15.2. The molecule has 5 heteroatoms. The van der Waals surface area contributed by atoms with Gasteiger partial charge in [-0.15, -0.1) is 0 Å². The molecule has 0 saturated heterocycles. The Morgan fingerprint density at radius 1 is 1.10 bits per heavy atom. The maximum atomic E-state index is 4.48. The molecule has 0 radical (unpaired) electrons. The van der Waals surface area contributed by atoms with Crippen molar-refractivity contribution in [1.29, 1.82) is 0 Å². The Bertz CT molecular complexity index is 524. The van der Waals surface area contributed by atoms with Crippen LogP contribution in [0.5, 0.6) is 0 Å². The lowest BCUT2D eigenvalue weighted by molar-refractivity contribution is 0.586. The van der Waals surface area contributed by atoms with Crippen LogP contribution < -0.4 is 10.2 Å². The lowest BCUT2D eigenvalue weighted by atomic mass is 10.2. The summed E-state index contributed by atoms with van der Waals surface area (Å²) in [6.45, 7) is 8.83. The molecule has 0 aliphatic carbocycles. The fourth-order valence-electron chi connectivity index (χ4n) is 1.96. The highest BCUT2D eigenvalue weighted by molar-refractivity contribution is 5.31. The van der Waals surface area contributed by atoms with E-state index in [9.17, 15) is 0 Å². The second-order valence-electron chi connectivity index (χ2n) is 5.30. The van der Waals surface area contributed by atoms with Crippen molar-refractivity contribution >= 4 is 5.95 Å². The standard InChI is InChI=1S/C16H23N5/c1-4-21(12-14-5-7-17-8-6-14)16-19-10-15(11-20-16)9-18-13(2)3/h5-8,10-11,13,18H,4,9,12H2,1-3H3. The van der Waals surface area contributed by atoms with Gasteiger partial charge in [0.1, 0.15) is 0 Å². The average molecular weight is 285 g/mol. The lowest BCUT2D eigenvalue weighted by Crippen LogP contribution is -2.25. The zero-order valence-corrected chi connectivity index (χ0v) is 13.0. The molecule has 2 heterocycles. The minimum absolute atomic E-state index is 0.462. The molecule has 2 aromatic heterocycles. The molecular weight excluding hydrogens is 262 g/mol. The molecule has 0 aromatic carbocycles. The highest BCUT2D eigenvalue weighted by Gasteiger charge is 2.08. The molecule has 2 rings (SSSR count). The van der Waals surface area contributed by atoms with Gasteiger partial charge in [0, 0.05) is 56.0 Å². The molecule has 1 N–H and O–H groups in total. The average Bonchev–Trinajstić information content (AvgIpc) is 2.52. The van der Waals surface area contributed by atoms with Crippen molar-refractivity contribution in [3.63, 3.8) is 0 Å². The molecule has 0 bridgehead atoms.